The Hall–Kier alpha value is -2.65. The van der Waals surface area contributed by atoms with E-state index in [0.717, 1.165) is 0 Å². The maximum Gasteiger partial charge on any atom is 0.243 e. The molecule has 164 valence electrons. The van der Waals surface area contributed by atoms with Gasteiger partial charge in [-0.05, 0) is 50.2 Å². The zero-order valence-electron chi connectivity index (χ0n) is 17.6. The summed E-state index contributed by atoms with van der Waals surface area (Å²) in [4.78, 5) is 12.3. The van der Waals surface area contributed by atoms with Crippen molar-refractivity contribution in [2.75, 3.05) is 30.3 Å². The summed E-state index contributed by atoms with van der Waals surface area (Å²) in [5, 5.41) is 5.38. The molecule has 2 rings (SSSR count). The smallest absolute Gasteiger partial charge is 0.243 e. The Labute approximate surface area is 177 Å². The molecule has 1 amide bonds. The second kappa shape index (κ2) is 10.4. The van der Waals surface area contributed by atoms with Crippen molar-refractivity contribution in [1.82, 2.24) is 4.31 Å². The lowest BCUT2D eigenvalue weighted by atomic mass is 10.2. The molecule has 30 heavy (non-hydrogen) atoms. The van der Waals surface area contributed by atoms with Crippen molar-refractivity contribution < 1.29 is 22.3 Å². The summed E-state index contributed by atoms with van der Waals surface area (Å²) >= 11 is 0. The zero-order chi connectivity index (χ0) is 22.3. The van der Waals surface area contributed by atoms with Gasteiger partial charge in [-0.3, -0.25) is 4.79 Å². The Morgan fingerprint density at radius 2 is 1.73 bits per heavy atom. The molecule has 0 radical (unpaired) electrons. The minimum atomic E-state index is -3.55. The molecule has 2 aromatic rings. The summed E-state index contributed by atoms with van der Waals surface area (Å²) in [6.45, 7) is 7.85. The van der Waals surface area contributed by atoms with Gasteiger partial charge < -0.3 is 15.4 Å². The van der Waals surface area contributed by atoms with Crippen molar-refractivity contribution in [2.24, 2.45) is 0 Å². The fourth-order valence-corrected chi connectivity index (χ4v) is 4.25. The molecule has 7 nitrogen and oxygen atoms in total. The number of nitrogens with one attached hydrogen (secondary N) is 2. The van der Waals surface area contributed by atoms with E-state index in [-0.39, 0.29) is 23.2 Å². The molecule has 0 spiro atoms. The van der Waals surface area contributed by atoms with Crippen LogP contribution < -0.4 is 15.4 Å². The van der Waals surface area contributed by atoms with Crippen molar-refractivity contribution in [1.29, 1.82) is 0 Å². The topological polar surface area (TPSA) is 87.7 Å². The molecule has 0 bridgehead atoms. The van der Waals surface area contributed by atoms with E-state index in [2.05, 4.69) is 10.6 Å². The van der Waals surface area contributed by atoms with Crippen LogP contribution in [-0.4, -0.2) is 44.4 Å². The molecule has 0 saturated heterocycles. The number of hydrogen-bond acceptors (Lipinski definition) is 5. The molecule has 0 aliphatic rings. The molecule has 0 heterocycles. The van der Waals surface area contributed by atoms with E-state index in [4.69, 9.17) is 4.74 Å². The van der Waals surface area contributed by atoms with Crippen LogP contribution in [0.1, 0.15) is 27.7 Å². The summed E-state index contributed by atoms with van der Waals surface area (Å²) in [5.41, 5.74) is 0.628. The van der Waals surface area contributed by atoms with Crippen LogP contribution in [0.3, 0.4) is 0 Å². The highest BCUT2D eigenvalue weighted by Gasteiger charge is 2.21. The SMILES string of the molecule is CCN(CC)S(=O)(=O)c1ccc(NC(=O)CNc2ccc(OC(C)C)cc2F)cc1. The number of halogens is 1. The third kappa shape index (κ3) is 6.17. The Kier molecular flexibility index (Phi) is 8.19. The van der Waals surface area contributed by atoms with Crippen LogP contribution in [0.25, 0.3) is 0 Å². The van der Waals surface area contributed by atoms with E-state index in [9.17, 15) is 17.6 Å². The van der Waals surface area contributed by atoms with Gasteiger partial charge in [0, 0.05) is 24.8 Å². The maximum atomic E-state index is 14.1. The van der Waals surface area contributed by atoms with Gasteiger partial charge >= 0.3 is 0 Å². The van der Waals surface area contributed by atoms with E-state index in [1.807, 2.05) is 13.8 Å². The molecule has 0 unspecified atom stereocenters. The first-order chi connectivity index (χ1) is 14.2. The van der Waals surface area contributed by atoms with Crippen LogP contribution in [0.2, 0.25) is 0 Å². The Balaban J connectivity index is 1.96. The van der Waals surface area contributed by atoms with E-state index in [1.165, 1.54) is 40.7 Å². The number of ether oxygens (including phenoxy) is 1. The molecule has 0 atom stereocenters. The molecule has 0 fully saturated rings. The minimum Gasteiger partial charge on any atom is -0.491 e. The van der Waals surface area contributed by atoms with Crippen LogP contribution in [0.15, 0.2) is 47.4 Å². The van der Waals surface area contributed by atoms with Crippen molar-refractivity contribution in [3.63, 3.8) is 0 Å². The first-order valence-corrected chi connectivity index (χ1v) is 11.2. The number of hydrogen-bond donors (Lipinski definition) is 2. The normalized spacial score (nSPS) is 11.6. The average Bonchev–Trinajstić information content (AvgIpc) is 2.68. The second-order valence-electron chi connectivity index (χ2n) is 6.82. The number of benzene rings is 2. The van der Waals surface area contributed by atoms with Crippen molar-refractivity contribution >= 4 is 27.3 Å². The minimum absolute atomic E-state index is 0.0672. The third-order valence-corrected chi connectivity index (χ3v) is 6.30. The lowest BCUT2D eigenvalue weighted by Gasteiger charge is -2.18. The number of sulfonamides is 1. The number of carbonyl (C=O) groups excluding carboxylic acids is 1. The lowest BCUT2D eigenvalue weighted by Crippen LogP contribution is -2.30. The number of rotatable bonds is 10. The first-order valence-electron chi connectivity index (χ1n) is 9.77. The van der Waals surface area contributed by atoms with Gasteiger partial charge in [0.25, 0.3) is 0 Å². The summed E-state index contributed by atoms with van der Waals surface area (Å²) in [7, 11) is -3.55. The van der Waals surface area contributed by atoms with Gasteiger partial charge in [0.05, 0.1) is 23.2 Å². The summed E-state index contributed by atoms with van der Waals surface area (Å²) in [6.07, 6.45) is -0.0672. The van der Waals surface area contributed by atoms with Crippen LogP contribution in [0.5, 0.6) is 5.75 Å². The predicted molar refractivity (Wildman–Crippen MR) is 116 cm³/mol. The standard InChI is InChI=1S/C21H28FN3O4S/c1-5-25(6-2)30(27,28)18-10-7-16(8-11-18)24-21(26)14-23-20-12-9-17(13-19(20)22)29-15(3)4/h7-13,15,23H,5-6,14H2,1-4H3,(H,24,26). The second-order valence-corrected chi connectivity index (χ2v) is 8.76. The first kappa shape index (κ1) is 23.6. The Morgan fingerprint density at radius 3 is 2.27 bits per heavy atom. The van der Waals surface area contributed by atoms with Gasteiger partial charge in [-0.1, -0.05) is 13.8 Å². The molecular weight excluding hydrogens is 409 g/mol. The number of amides is 1. The average molecular weight is 438 g/mol. The zero-order valence-corrected chi connectivity index (χ0v) is 18.4. The number of anilines is 2. The van der Waals surface area contributed by atoms with Crippen LogP contribution in [0, 0.1) is 5.82 Å². The highest BCUT2D eigenvalue weighted by atomic mass is 32.2. The van der Waals surface area contributed by atoms with E-state index < -0.39 is 21.7 Å². The molecule has 2 N–H and O–H groups in total. The fourth-order valence-electron chi connectivity index (χ4n) is 2.79. The summed E-state index contributed by atoms with van der Waals surface area (Å²) in [5.74, 6) is -0.500. The van der Waals surface area contributed by atoms with Crippen molar-refractivity contribution in [3.8, 4) is 5.75 Å². The molecule has 2 aromatic carbocycles. The third-order valence-electron chi connectivity index (χ3n) is 4.23. The Bertz CT molecular complexity index is 959. The van der Waals surface area contributed by atoms with E-state index >= 15 is 0 Å². The Morgan fingerprint density at radius 1 is 1.10 bits per heavy atom. The van der Waals surface area contributed by atoms with Gasteiger partial charge in [0.15, 0.2) is 0 Å². The van der Waals surface area contributed by atoms with Crippen molar-refractivity contribution in [3.05, 3.63) is 48.3 Å². The quantitative estimate of drug-likeness (QED) is 0.592. The highest BCUT2D eigenvalue weighted by Crippen LogP contribution is 2.22. The van der Waals surface area contributed by atoms with Gasteiger partial charge in [0.1, 0.15) is 11.6 Å². The monoisotopic (exact) mass is 437 g/mol. The van der Waals surface area contributed by atoms with Crippen LogP contribution in [0.4, 0.5) is 15.8 Å². The van der Waals surface area contributed by atoms with E-state index in [1.54, 1.807) is 19.9 Å². The van der Waals surface area contributed by atoms with Crippen LogP contribution >= 0.6 is 0 Å². The van der Waals surface area contributed by atoms with Gasteiger partial charge in [-0.2, -0.15) is 4.31 Å². The molecule has 9 heteroatoms. The number of nitrogens with zero attached hydrogens (tertiary/aromatic N) is 1. The predicted octanol–water partition coefficient (Wildman–Crippen LogP) is 3.69. The van der Waals surface area contributed by atoms with E-state index in [0.29, 0.717) is 24.5 Å². The molecular formula is C21H28FN3O4S. The van der Waals surface area contributed by atoms with Gasteiger partial charge in [-0.25, -0.2) is 12.8 Å². The molecule has 0 aliphatic heterocycles. The largest absolute Gasteiger partial charge is 0.491 e. The highest BCUT2D eigenvalue weighted by molar-refractivity contribution is 7.89. The van der Waals surface area contributed by atoms with Gasteiger partial charge in [-0.15, -0.1) is 0 Å². The van der Waals surface area contributed by atoms with Gasteiger partial charge in [0.2, 0.25) is 15.9 Å². The molecule has 0 saturated carbocycles. The maximum absolute atomic E-state index is 14.1. The number of carbonyl (C=O) groups is 1. The molecule has 0 aliphatic carbocycles. The summed E-state index contributed by atoms with van der Waals surface area (Å²) in [6, 6.07) is 10.3. The lowest BCUT2D eigenvalue weighted by molar-refractivity contribution is -0.114. The summed E-state index contributed by atoms with van der Waals surface area (Å²) < 4.78 is 45.9. The fraction of sp³-hybridized carbons (Fsp3) is 0.381. The molecule has 0 aromatic heterocycles. The van der Waals surface area contributed by atoms with Crippen molar-refractivity contribution in [2.45, 2.75) is 38.7 Å². The van der Waals surface area contributed by atoms with Crippen LogP contribution in [-0.2, 0) is 14.8 Å².